The van der Waals surface area contributed by atoms with Crippen LogP contribution in [0.4, 0.5) is 25.0 Å². The first-order chi connectivity index (χ1) is 10.9. The number of aryl methyl sites for hydroxylation is 1. The van der Waals surface area contributed by atoms with Gasteiger partial charge in [-0.15, -0.1) is 0 Å². The van der Waals surface area contributed by atoms with Crippen molar-refractivity contribution >= 4 is 23.4 Å². The number of hydrogen-bond donors (Lipinski definition) is 3. The summed E-state index contributed by atoms with van der Waals surface area (Å²) in [5.74, 6) is -3.87. The van der Waals surface area contributed by atoms with Gasteiger partial charge < -0.3 is 15.7 Å². The molecule has 120 valence electrons. The minimum Gasteiger partial charge on any atom is -0.481 e. The number of urea groups is 1. The van der Waals surface area contributed by atoms with Crippen LogP contribution in [0.5, 0.6) is 0 Å². The lowest BCUT2D eigenvalue weighted by atomic mass is 10.1. The Morgan fingerprint density at radius 1 is 1.00 bits per heavy atom. The first-order valence-corrected chi connectivity index (χ1v) is 6.70. The van der Waals surface area contributed by atoms with Crippen LogP contribution in [0.3, 0.4) is 0 Å². The number of carbonyl (C=O) groups excluding carboxylic acids is 1. The summed E-state index contributed by atoms with van der Waals surface area (Å²) in [4.78, 5) is 22.4. The van der Waals surface area contributed by atoms with E-state index in [1.807, 2.05) is 0 Å². The van der Waals surface area contributed by atoms with E-state index in [4.69, 9.17) is 5.11 Å². The second kappa shape index (κ2) is 6.87. The summed E-state index contributed by atoms with van der Waals surface area (Å²) in [6, 6.07) is 8.49. The fourth-order valence-electron chi connectivity index (χ4n) is 1.97. The average Bonchev–Trinajstić information content (AvgIpc) is 2.49. The van der Waals surface area contributed by atoms with Crippen LogP contribution in [0, 0.1) is 18.6 Å². The van der Waals surface area contributed by atoms with Gasteiger partial charge in [-0.05, 0) is 24.6 Å². The van der Waals surface area contributed by atoms with E-state index in [0.29, 0.717) is 5.69 Å². The maximum absolute atomic E-state index is 13.9. The first-order valence-electron chi connectivity index (χ1n) is 6.70. The first kappa shape index (κ1) is 16.4. The fraction of sp³-hybridized carbons (Fsp3) is 0.125. The van der Waals surface area contributed by atoms with Gasteiger partial charge in [-0.1, -0.05) is 24.3 Å². The number of amides is 2. The molecule has 5 nitrogen and oxygen atoms in total. The standard InChI is InChI=1S/C16H14F2N2O3/c1-9-4-2-3-5-11(9)19-16(23)20-12-7-6-10(8-13(21)22)14(17)15(12)18/h2-7H,8H2,1H3,(H,21,22)(H2,19,20,23). The average molecular weight is 320 g/mol. The highest BCUT2D eigenvalue weighted by Crippen LogP contribution is 2.22. The van der Waals surface area contributed by atoms with E-state index in [1.165, 1.54) is 0 Å². The molecule has 0 aliphatic carbocycles. The van der Waals surface area contributed by atoms with E-state index in [2.05, 4.69) is 10.6 Å². The van der Waals surface area contributed by atoms with Gasteiger partial charge in [-0.3, -0.25) is 4.79 Å². The summed E-state index contributed by atoms with van der Waals surface area (Å²) in [5, 5.41) is 13.3. The molecule has 0 aromatic heterocycles. The molecule has 3 N–H and O–H groups in total. The molecule has 0 heterocycles. The normalized spacial score (nSPS) is 10.2. The minimum absolute atomic E-state index is 0.292. The van der Waals surface area contributed by atoms with Crippen LogP contribution in [-0.4, -0.2) is 17.1 Å². The van der Waals surface area contributed by atoms with Gasteiger partial charge in [0.15, 0.2) is 11.6 Å². The van der Waals surface area contributed by atoms with Crippen molar-refractivity contribution in [1.82, 2.24) is 0 Å². The molecular formula is C16H14F2N2O3. The molecule has 7 heteroatoms. The predicted octanol–water partition coefficient (Wildman–Crippen LogP) is 3.54. The highest BCUT2D eigenvalue weighted by Gasteiger charge is 2.17. The molecule has 0 aliphatic heterocycles. The Morgan fingerprint density at radius 2 is 1.65 bits per heavy atom. The Hall–Kier alpha value is -2.96. The zero-order valence-electron chi connectivity index (χ0n) is 12.2. The van der Waals surface area contributed by atoms with Crippen LogP contribution in [0.15, 0.2) is 36.4 Å². The molecular weight excluding hydrogens is 306 g/mol. The minimum atomic E-state index is -1.30. The lowest BCUT2D eigenvalue weighted by molar-refractivity contribution is -0.136. The van der Waals surface area contributed by atoms with Gasteiger partial charge >= 0.3 is 12.0 Å². The Labute approximate surface area is 130 Å². The van der Waals surface area contributed by atoms with Gasteiger partial charge in [-0.25, -0.2) is 13.6 Å². The maximum atomic E-state index is 13.9. The number of nitrogens with one attached hydrogen (secondary N) is 2. The highest BCUT2D eigenvalue weighted by atomic mass is 19.2. The number of para-hydroxylation sites is 1. The lowest BCUT2D eigenvalue weighted by Gasteiger charge is -2.11. The van der Waals surface area contributed by atoms with E-state index in [9.17, 15) is 18.4 Å². The van der Waals surface area contributed by atoms with Gasteiger partial charge in [-0.2, -0.15) is 0 Å². The SMILES string of the molecule is Cc1ccccc1NC(=O)Nc1ccc(CC(=O)O)c(F)c1F. The van der Waals surface area contributed by atoms with Crippen molar-refractivity contribution in [3.05, 3.63) is 59.2 Å². The Kier molecular flexibility index (Phi) is 4.90. The lowest BCUT2D eigenvalue weighted by Crippen LogP contribution is -2.21. The fourth-order valence-corrected chi connectivity index (χ4v) is 1.97. The molecule has 2 aromatic carbocycles. The number of carboxylic acid groups (broad SMARTS) is 1. The molecule has 0 bridgehead atoms. The molecule has 0 aliphatic rings. The smallest absolute Gasteiger partial charge is 0.323 e. The second-order valence-corrected chi connectivity index (χ2v) is 4.86. The van der Waals surface area contributed by atoms with Crippen LogP contribution in [-0.2, 0) is 11.2 Å². The van der Waals surface area contributed by atoms with Gasteiger partial charge in [0, 0.05) is 11.3 Å². The summed E-state index contributed by atoms with van der Waals surface area (Å²) < 4.78 is 27.6. The molecule has 0 spiro atoms. The molecule has 0 saturated heterocycles. The number of rotatable bonds is 4. The van der Waals surface area contributed by atoms with E-state index in [0.717, 1.165) is 17.7 Å². The van der Waals surface area contributed by atoms with Crippen molar-refractivity contribution in [2.45, 2.75) is 13.3 Å². The molecule has 0 unspecified atom stereocenters. The molecule has 2 amide bonds. The van der Waals surface area contributed by atoms with Crippen LogP contribution in [0.2, 0.25) is 0 Å². The zero-order valence-corrected chi connectivity index (χ0v) is 12.2. The van der Waals surface area contributed by atoms with Crippen LogP contribution >= 0.6 is 0 Å². The van der Waals surface area contributed by atoms with Crippen molar-refractivity contribution < 1.29 is 23.5 Å². The van der Waals surface area contributed by atoms with Gasteiger partial charge in [0.1, 0.15) is 0 Å². The van der Waals surface area contributed by atoms with Crippen molar-refractivity contribution in [2.75, 3.05) is 10.6 Å². The third kappa shape index (κ3) is 4.03. The molecule has 2 aromatic rings. The quantitative estimate of drug-likeness (QED) is 0.806. The molecule has 0 saturated carbocycles. The number of carbonyl (C=O) groups is 2. The van der Waals surface area contributed by atoms with E-state index in [1.54, 1.807) is 31.2 Å². The van der Waals surface area contributed by atoms with Crippen molar-refractivity contribution in [3.63, 3.8) is 0 Å². The molecule has 0 radical (unpaired) electrons. The zero-order chi connectivity index (χ0) is 17.0. The Bertz CT molecular complexity index is 763. The third-order valence-corrected chi connectivity index (χ3v) is 3.15. The number of benzene rings is 2. The van der Waals surface area contributed by atoms with Crippen LogP contribution in [0.25, 0.3) is 0 Å². The summed E-state index contributed by atoms with van der Waals surface area (Å²) >= 11 is 0. The van der Waals surface area contributed by atoms with E-state index < -0.39 is 30.1 Å². The number of hydrogen-bond acceptors (Lipinski definition) is 2. The summed E-state index contributed by atoms with van der Waals surface area (Å²) in [7, 11) is 0. The third-order valence-electron chi connectivity index (χ3n) is 3.15. The predicted molar refractivity (Wildman–Crippen MR) is 81.5 cm³/mol. The van der Waals surface area contributed by atoms with Crippen molar-refractivity contribution in [2.24, 2.45) is 0 Å². The summed E-state index contributed by atoms with van der Waals surface area (Å²) in [6.07, 6.45) is -0.640. The molecule has 0 atom stereocenters. The molecule has 0 fully saturated rings. The number of anilines is 2. The molecule has 23 heavy (non-hydrogen) atoms. The Balaban J connectivity index is 2.14. The van der Waals surface area contributed by atoms with Gasteiger partial charge in [0.25, 0.3) is 0 Å². The topological polar surface area (TPSA) is 78.4 Å². The Morgan fingerprint density at radius 3 is 2.30 bits per heavy atom. The second-order valence-electron chi connectivity index (χ2n) is 4.86. The van der Waals surface area contributed by atoms with Gasteiger partial charge in [0.05, 0.1) is 12.1 Å². The van der Waals surface area contributed by atoms with Crippen molar-refractivity contribution in [1.29, 1.82) is 0 Å². The molecule has 2 rings (SSSR count). The number of halogens is 2. The van der Waals surface area contributed by atoms with Crippen LogP contribution < -0.4 is 10.6 Å². The van der Waals surface area contributed by atoms with E-state index in [-0.39, 0.29) is 11.3 Å². The largest absolute Gasteiger partial charge is 0.481 e. The van der Waals surface area contributed by atoms with E-state index >= 15 is 0 Å². The summed E-state index contributed by atoms with van der Waals surface area (Å²) in [5.41, 5.74) is 0.682. The monoisotopic (exact) mass is 320 g/mol. The summed E-state index contributed by atoms with van der Waals surface area (Å²) in [6.45, 7) is 1.79. The maximum Gasteiger partial charge on any atom is 0.323 e. The van der Waals surface area contributed by atoms with Crippen LogP contribution in [0.1, 0.15) is 11.1 Å². The highest BCUT2D eigenvalue weighted by molar-refractivity contribution is 6.00. The number of aliphatic carboxylic acids is 1. The van der Waals surface area contributed by atoms with Crippen molar-refractivity contribution in [3.8, 4) is 0 Å². The van der Waals surface area contributed by atoms with Gasteiger partial charge in [0.2, 0.25) is 0 Å². The number of carboxylic acids is 1.